The SMILES string of the molecule is O=C(Cc1ccccc1F)N1CCN(S(=O)(=O)C2CCCCC2)CC1. The Bertz CT molecular complexity index is 709. The molecule has 5 nitrogen and oxygen atoms in total. The van der Waals surface area contributed by atoms with E-state index in [0.717, 1.165) is 32.1 Å². The van der Waals surface area contributed by atoms with Crippen LogP contribution in [0.1, 0.15) is 37.7 Å². The summed E-state index contributed by atoms with van der Waals surface area (Å²) in [6.45, 7) is 1.42. The molecule has 0 bridgehead atoms. The summed E-state index contributed by atoms with van der Waals surface area (Å²) < 4.78 is 40.7. The fourth-order valence-electron chi connectivity index (χ4n) is 3.68. The van der Waals surface area contributed by atoms with Gasteiger partial charge in [-0.15, -0.1) is 0 Å². The Balaban J connectivity index is 1.56. The highest BCUT2D eigenvalue weighted by Crippen LogP contribution is 2.26. The van der Waals surface area contributed by atoms with Gasteiger partial charge >= 0.3 is 0 Å². The van der Waals surface area contributed by atoms with E-state index in [1.165, 1.54) is 10.4 Å². The summed E-state index contributed by atoms with van der Waals surface area (Å²) in [5.41, 5.74) is 0.379. The van der Waals surface area contributed by atoms with Gasteiger partial charge in [0.05, 0.1) is 11.7 Å². The Morgan fingerprint density at radius 3 is 2.32 bits per heavy atom. The van der Waals surface area contributed by atoms with Crippen LogP contribution in [-0.2, 0) is 21.2 Å². The van der Waals surface area contributed by atoms with Crippen LogP contribution in [0.4, 0.5) is 4.39 Å². The van der Waals surface area contributed by atoms with Crippen LogP contribution < -0.4 is 0 Å². The number of nitrogens with zero attached hydrogens (tertiary/aromatic N) is 2. The molecule has 138 valence electrons. The Morgan fingerprint density at radius 1 is 1.04 bits per heavy atom. The summed E-state index contributed by atoms with van der Waals surface area (Å²) >= 11 is 0. The lowest BCUT2D eigenvalue weighted by atomic mass is 10.0. The minimum Gasteiger partial charge on any atom is -0.340 e. The number of carbonyl (C=O) groups excluding carboxylic acids is 1. The van der Waals surface area contributed by atoms with Crippen LogP contribution in [0.3, 0.4) is 0 Å². The highest BCUT2D eigenvalue weighted by molar-refractivity contribution is 7.89. The molecule has 2 fully saturated rings. The van der Waals surface area contributed by atoms with E-state index in [1.807, 2.05) is 0 Å². The number of benzene rings is 1. The van der Waals surface area contributed by atoms with Gasteiger partial charge in [0, 0.05) is 26.2 Å². The Hall–Kier alpha value is -1.47. The predicted molar refractivity (Wildman–Crippen MR) is 94.0 cm³/mol. The second-order valence-electron chi connectivity index (χ2n) is 6.85. The monoisotopic (exact) mass is 368 g/mol. The van der Waals surface area contributed by atoms with Gasteiger partial charge in [-0.05, 0) is 24.5 Å². The highest BCUT2D eigenvalue weighted by Gasteiger charge is 2.35. The standard InChI is InChI=1S/C18H25FN2O3S/c19-17-9-5-4-6-15(17)14-18(22)20-10-12-21(13-11-20)25(23,24)16-7-2-1-3-8-16/h4-6,9,16H,1-3,7-8,10-14H2. The zero-order valence-electron chi connectivity index (χ0n) is 14.4. The van der Waals surface area contributed by atoms with Gasteiger partial charge in [0.1, 0.15) is 5.82 Å². The molecule has 0 aromatic heterocycles. The minimum atomic E-state index is -3.26. The van der Waals surface area contributed by atoms with Gasteiger partial charge in [0.2, 0.25) is 15.9 Å². The van der Waals surface area contributed by atoms with Crippen molar-refractivity contribution < 1.29 is 17.6 Å². The average Bonchev–Trinajstić information content (AvgIpc) is 2.64. The van der Waals surface area contributed by atoms with E-state index >= 15 is 0 Å². The van der Waals surface area contributed by atoms with Crippen LogP contribution in [-0.4, -0.2) is 55.0 Å². The predicted octanol–water partition coefficient (Wildman–Crippen LogP) is 2.17. The fourth-order valence-corrected chi connectivity index (χ4v) is 5.71. The maximum Gasteiger partial charge on any atom is 0.227 e. The first kappa shape index (κ1) is 18.3. The van der Waals surface area contributed by atoms with Gasteiger partial charge in [0.25, 0.3) is 0 Å². The largest absolute Gasteiger partial charge is 0.340 e. The topological polar surface area (TPSA) is 57.7 Å². The molecule has 1 saturated heterocycles. The van der Waals surface area contributed by atoms with Gasteiger partial charge in [-0.3, -0.25) is 4.79 Å². The summed E-state index contributed by atoms with van der Waals surface area (Å²) in [6.07, 6.45) is 4.58. The number of piperazine rings is 1. The first-order chi connectivity index (χ1) is 12.0. The van der Waals surface area contributed by atoms with Gasteiger partial charge in [-0.2, -0.15) is 4.31 Å². The van der Waals surface area contributed by atoms with Crippen molar-refractivity contribution in [2.75, 3.05) is 26.2 Å². The first-order valence-electron chi connectivity index (χ1n) is 8.98. The van der Waals surface area contributed by atoms with Gasteiger partial charge in [-0.25, -0.2) is 12.8 Å². The molecule has 1 heterocycles. The van der Waals surface area contributed by atoms with E-state index in [4.69, 9.17) is 0 Å². The third-order valence-electron chi connectivity index (χ3n) is 5.22. The van der Waals surface area contributed by atoms with Crippen LogP contribution in [0.5, 0.6) is 0 Å². The maximum atomic E-state index is 13.7. The quantitative estimate of drug-likeness (QED) is 0.818. The summed E-state index contributed by atoms with van der Waals surface area (Å²) in [5, 5.41) is -0.262. The average molecular weight is 368 g/mol. The van der Waals surface area contributed by atoms with Crippen molar-refractivity contribution in [1.29, 1.82) is 0 Å². The number of hydrogen-bond donors (Lipinski definition) is 0. The smallest absolute Gasteiger partial charge is 0.227 e. The Morgan fingerprint density at radius 2 is 1.68 bits per heavy atom. The van der Waals surface area contributed by atoms with E-state index in [2.05, 4.69) is 0 Å². The molecule has 3 rings (SSSR count). The fraction of sp³-hybridized carbons (Fsp3) is 0.611. The third kappa shape index (κ3) is 4.20. The molecular weight excluding hydrogens is 343 g/mol. The van der Waals surface area contributed by atoms with Crippen molar-refractivity contribution in [2.45, 2.75) is 43.8 Å². The van der Waals surface area contributed by atoms with Crippen LogP contribution >= 0.6 is 0 Å². The maximum absolute atomic E-state index is 13.7. The number of rotatable bonds is 4. The molecule has 1 aromatic rings. The second kappa shape index (κ2) is 7.83. The molecule has 7 heteroatoms. The number of sulfonamides is 1. The zero-order chi connectivity index (χ0) is 17.9. The second-order valence-corrected chi connectivity index (χ2v) is 9.07. The molecule has 1 aromatic carbocycles. The molecule has 1 amide bonds. The van der Waals surface area contributed by atoms with Crippen LogP contribution in [0.2, 0.25) is 0 Å². The summed E-state index contributed by atoms with van der Waals surface area (Å²) in [7, 11) is -3.26. The van der Waals surface area contributed by atoms with E-state index in [9.17, 15) is 17.6 Å². The van der Waals surface area contributed by atoms with Crippen LogP contribution in [0.25, 0.3) is 0 Å². The number of halogens is 1. The molecule has 0 radical (unpaired) electrons. The molecule has 0 spiro atoms. The molecule has 0 N–H and O–H groups in total. The molecular formula is C18H25FN2O3S. The molecule has 1 aliphatic heterocycles. The van der Waals surface area contributed by atoms with Crippen molar-refractivity contribution in [3.8, 4) is 0 Å². The van der Waals surface area contributed by atoms with Crippen molar-refractivity contribution in [1.82, 2.24) is 9.21 Å². The van der Waals surface area contributed by atoms with Crippen molar-refractivity contribution >= 4 is 15.9 Å². The minimum absolute atomic E-state index is 0.0159. The van der Waals surface area contributed by atoms with E-state index in [0.29, 0.717) is 31.7 Å². The normalized spacial score (nSPS) is 20.6. The molecule has 1 saturated carbocycles. The summed E-state index contributed by atoms with van der Waals surface area (Å²) in [6, 6.07) is 6.26. The molecule has 1 aliphatic carbocycles. The number of hydrogen-bond acceptors (Lipinski definition) is 3. The molecule has 2 aliphatic rings. The van der Waals surface area contributed by atoms with Crippen LogP contribution in [0.15, 0.2) is 24.3 Å². The highest BCUT2D eigenvalue weighted by atomic mass is 32.2. The lowest BCUT2D eigenvalue weighted by Gasteiger charge is -2.36. The number of carbonyl (C=O) groups is 1. The van der Waals surface area contributed by atoms with Crippen molar-refractivity contribution in [2.24, 2.45) is 0 Å². The summed E-state index contributed by atoms with van der Waals surface area (Å²) in [5.74, 6) is -0.533. The number of amides is 1. The zero-order valence-corrected chi connectivity index (χ0v) is 15.2. The van der Waals surface area contributed by atoms with Crippen LogP contribution in [0, 0.1) is 5.82 Å². The van der Waals surface area contributed by atoms with Crippen molar-refractivity contribution in [3.05, 3.63) is 35.6 Å². The van der Waals surface area contributed by atoms with Gasteiger partial charge in [0.15, 0.2) is 0 Å². The van der Waals surface area contributed by atoms with Gasteiger partial charge < -0.3 is 4.90 Å². The van der Waals surface area contributed by atoms with E-state index in [1.54, 1.807) is 23.1 Å². The molecule has 25 heavy (non-hydrogen) atoms. The Labute approximate surface area is 148 Å². The lowest BCUT2D eigenvalue weighted by Crippen LogP contribution is -2.53. The first-order valence-corrected chi connectivity index (χ1v) is 10.5. The lowest BCUT2D eigenvalue weighted by molar-refractivity contribution is -0.131. The van der Waals surface area contributed by atoms with Crippen molar-refractivity contribution in [3.63, 3.8) is 0 Å². The molecule has 0 unspecified atom stereocenters. The van der Waals surface area contributed by atoms with Gasteiger partial charge in [-0.1, -0.05) is 37.5 Å². The molecule has 0 atom stereocenters. The van der Waals surface area contributed by atoms with E-state index in [-0.39, 0.29) is 23.4 Å². The Kier molecular flexibility index (Phi) is 5.74. The summed E-state index contributed by atoms with van der Waals surface area (Å²) in [4.78, 5) is 14.0. The van der Waals surface area contributed by atoms with E-state index < -0.39 is 10.0 Å². The third-order valence-corrected chi connectivity index (χ3v) is 7.62.